The van der Waals surface area contributed by atoms with Crippen LogP contribution in [-0.2, 0) is 11.2 Å². The first-order valence-corrected chi connectivity index (χ1v) is 11.0. The molecule has 9 heteroatoms. The van der Waals surface area contributed by atoms with Gasteiger partial charge in [0.15, 0.2) is 5.96 Å². The van der Waals surface area contributed by atoms with Crippen molar-refractivity contribution in [3.8, 4) is 17.1 Å². The third-order valence-corrected chi connectivity index (χ3v) is 5.22. The fourth-order valence-electron chi connectivity index (χ4n) is 3.38. The van der Waals surface area contributed by atoms with Crippen molar-refractivity contribution in [3.05, 3.63) is 30.2 Å². The summed E-state index contributed by atoms with van der Waals surface area (Å²) in [4.78, 5) is 11.2. The first-order valence-electron chi connectivity index (χ1n) is 11.0. The van der Waals surface area contributed by atoms with Crippen LogP contribution in [0.3, 0.4) is 0 Å². The molecule has 31 heavy (non-hydrogen) atoms. The van der Waals surface area contributed by atoms with Crippen molar-refractivity contribution in [1.82, 2.24) is 25.7 Å². The molecule has 0 saturated carbocycles. The van der Waals surface area contributed by atoms with E-state index in [1.54, 1.807) is 14.2 Å². The van der Waals surface area contributed by atoms with Gasteiger partial charge < -0.3 is 24.6 Å². The smallest absolute Gasteiger partial charge is 0.226 e. The second kappa shape index (κ2) is 12.9. The highest BCUT2D eigenvalue weighted by atomic mass is 16.5. The van der Waals surface area contributed by atoms with Gasteiger partial charge >= 0.3 is 0 Å². The van der Waals surface area contributed by atoms with Gasteiger partial charge in [0.1, 0.15) is 5.75 Å². The van der Waals surface area contributed by atoms with Crippen LogP contribution >= 0.6 is 0 Å². The number of hydrogen-bond donors (Lipinski definition) is 2. The van der Waals surface area contributed by atoms with Gasteiger partial charge in [0.25, 0.3) is 0 Å². The molecule has 9 nitrogen and oxygen atoms in total. The molecule has 0 unspecified atom stereocenters. The summed E-state index contributed by atoms with van der Waals surface area (Å²) in [5.41, 5.74) is 0.924. The van der Waals surface area contributed by atoms with E-state index in [-0.39, 0.29) is 0 Å². The summed E-state index contributed by atoms with van der Waals surface area (Å²) in [6.07, 6.45) is 3.94. The predicted octanol–water partition coefficient (Wildman–Crippen LogP) is 1.96. The van der Waals surface area contributed by atoms with Crippen molar-refractivity contribution in [3.63, 3.8) is 0 Å². The zero-order valence-corrected chi connectivity index (χ0v) is 18.6. The monoisotopic (exact) mass is 430 g/mol. The quantitative estimate of drug-likeness (QED) is 0.317. The summed E-state index contributed by atoms with van der Waals surface area (Å²) in [7, 11) is 3.45. The third kappa shape index (κ3) is 7.84. The minimum absolute atomic E-state index is 0.617. The number of nitrogens with zero attached hydrogens (tertiary/aromatic N) is 4. The van der Waals surface area contributed by atoms with Gasteiger partial charge in [-0.05, 0) is 37.1 Å². The normalized spacial score (nSPS) is 15.1. The molecule has 2 N–H and O–H groups in total. The Balaban J connectivity index is 1.26. The molecule has 0 atom stereocenters. The number of aromatic nitrogens is 2. The molecule has 1 fully saturated rings. The number of morpholine rings is 1. The molecule has 1 aromatic heterocycles. The topological polar surface area (TPSA) is 97.0 Å². The van der Waals surface area contributed by atoms with E-state index < -0.39 is 0 Å². The maximum atomic E-state index is 5.38. The molecule has 0 amide bonds. The Morgan fingerprint density at radius 2 is 1.87 bits per heavy atom. The molecule has 0 radical (unpaired) electrons. The van der Waals surface area contributed by atoms with Crippen LogP contribution in [0.2, 0.25) is 0 Å². The summed E-state index contributed by atoms with van der Waals surface area (Å²) >= 11 is 0. The average Bonchev–Trinajstić information content (AvgIpc) is 3.29. The van der Waals surface area contributed by atoms with E-state index in [0.717, 1.165) is 88.9 Å². The van der Waals surface area contributed by atoms with Crippen LogP contribution in [0, 0.1) is 0 Å². The number of unbranched alkanes of at least 4 members (excludes halogenated alkanes) is 2. The van der Waals surface area contributed by atoms with Gasteiger partial charge in [-0.3, -0.25) is 9.89 Å². The molecule has 1 aliphatic heterocycles. The van der Waals surface area contributed by atoms with Crippen LogP contribution < -0.4 is 15.4 Å². The lowest BCUT2D eigenvalue weighted by Gasteiger charge is -2.26. The van der Waals surface area contributed by atoms with Crippen molar-refractivity contribution in [1.29, 1.82) is 0 Å². The Hall–Kier alpha value is -2.65. The van der Waals surface area contributed by atoms with Crippen LogP contribution in [0.5, 0.6) is 5.75 Å². The van der Waals surface area contributed by atoms with E-state index in [2.05, 4.69) is 30.7 Å². The Bertz CT molecular complexity index is 787. The van der Waals surface area contributed by atoms with Gasteiger partial charge in [0.05, 0.1) is 20.3 Å². The number of aliphatic imine (C=N–C) groups is 1. The molecule has 2 heterocycles. The lowest BCUT2D eigenvalue weighted by molar-refractivity contribution is 0.0389. The Morgan fingerprint density at radius 3 is 2.61 bits per heavy atom. The molecule has 0 bridgehead atoms. The van der Waals surface area contributed by atoms with Crippen molar-refractivity contribution in [2.75, 3.05) is 60.1 Å². The average molecular weight is 431 g/mol. The molecule has 3 rings (SSSR count). The number of nitrogens with one attached hydrogen (secondary N) is 2. The van der Waals surface area contributed by atoms with E-state index in [1.807, 2.05) is 24.3 Å². The van der Waals surface area contributed by atoms with E-state index in [4.69, 9.17) is 14.0 Å². The van der Waals surface area contributed by atoms with Crippen LogP contribution in [-0.4, -0.2) is 81.1 Å². The van der Waals surface area contributed by atoms with E-state index >= 15 is 0 Å². The van der Waals surface area contributed by atoms with Crippen LogP contribution in [0.25, 0.3) is 11.4 Å². The second-order valence-corrected chi connectivity index (χ2v) is 7.43. The van der Waals surface area contributed by atoms with Crippen LogP contribution in [0.4, 0.5) is 0 Å². The number of methoxy groups -OCH3 is 1. The van der Waals surface area contributed by atoms with Crippen LogP contribution in [0.1, 0.15) is 25.2 Å². The molecule has 1 saturated heterocycles. The zero-order valence-electron chi connectivity index (χ0n) is 18.6. The second-order valence-electron chi connectivity index (χ2n) is 7.43. The van der Waals surface area contributed by atoms with Gasteiger partial charge in [-0.25, -0.2) is 0 Å². The highest BCUT2D eigenvalue weighted by molar-refractivity contribution is 5.79. The summed E-state index contributed by atoms with van der Waals surface area (Å²) in [5, 5.41) is 10.8. The maximum Gasteiger partial charge on any atom is 0.226 e. The van der Waals surface area contributed by atoms with E-state index in [9.17, 15) is 0 Å². The standard InChI is InChI=1S/C22H34N6O3/c1-23-22(25-12-13-28-14-16-30-17-15-28)24-11-5-3-4-6-20-26-21(27-31-20)18-7-9-19(29-2)10-8-18/h7-10H,3-6,11-17H2,1-2H3,(H2,23,24,25). The summed E-state index contributed by atoms with van der Waals surface area (Å²) < 4.78 is 15.9. The SMILES string of the molecule is CN=C(NCCCCCc1nc(-c2ccc(OC)cc2)no1)NCCN1CCOCC1. The molecule has 0 aliphatic carbocycles. The molecular weight excluding hydrogens is 396 g/mol. The maximum absolute atomic E-state index is 5.38. The number of aryl methyl sites for hydroxylation is 1. The lowest BCUT2D eigenvalue weighted by Crippen LogP contribution is -2.44. The summed E-state index contributed by atoms with van der Waals surface area (Å²) in [5.74, 6) is 2.96. The largest absolute Gasteiger partial charge is 0.497 e. The summed E-state index contributed by atoms with van der Waals surface area (Å²) in [6.45, 7) is 6.46. The molecule has 170 valence electrons. The highest BCUT2D eigenvalue weighted by Gasteiger charge is 2.10. The minimum atomic E-state index is 0.617. The van der Waals surface area contributed by atoms with Gasteiger partial charge in [-0.1, -0.05) is 11.6 Å². The predicted molar refractivity (Wildman–Crippen MR) is 120 cm³/mol. The van der Waals surface area contributed by atoms with E-state index in [1.165, 1.54) is 0 Å². The lowest BCUT2D eigenvalue weighted by atomic mass is 10.2. The number of guanidine groups is 1. The molecular formula is C22H34N6O3. The Kier molecular flexibility index (Phi) is 9.59. The number of benzene rings is 1. The van der Waals surface area contributed by atoms with Crippen molar-refractivity contribution in [2.24, 2.45) is 4.99 Å². The highest BCUT2D eigenvalue weighted by Crippen LogP contribution is 2.20. The van der Waals surface area contributed by atoms with Crippen LogP contribution in [0.15, 0.2) is 33.8 Å². The zero-order chi connectivity index (χ0) is 21.7. The first-order chi connectivity index (χ1) is 15.3. The van der Waals surface area contributed by atoms with Gasteiger partial charge in [0, 0.05) is 51.8 Å². The van der Waals surface area contributed by atoms with Crippen molar-refractivity contribution < 1.29 is 14.0 Å². The van der Waals surface area contributed by atoms with Gasteiger partial charge in [0.2, 0.25) is 11.7 Å². The number of ether oxygens (including phenoxy) is 2. The third-order valence-electron chi connectivity index (χ3n) is 5.22. The first kappa shape index (κ1) is 23.0. The van der Waals surface area contributed by atoms with E-state index in [0.29, 0.717) is 11.7 Å². The Labute approximate surface area is 184 Å². The number of hydrogen-bond acceptors (Lipinski definition) is 7. The van der Waals surface area contributed by atoms with Crippen molar-refractivity contribution >= 4 is 5.96 Å². The summed E-state index contributed by atoms with van der Waals surface area (Å²) in [6, 6.07) is 7.65. The van der Waals surface area contributed by atoms with Crippen molar-refractivity contribution in [2.45, 2.75) is 25.7 Å². The minimum Gasteiger partial charge on any atom is -0.497 e. The van der Waals surface area contributed by atoms with Gasteiger partial charge in [-0.2, -0.15) is 4.98 Å². The molecule has 1 aliphatic rings. The van der Waals surface area contributed by atoms with Gasteiger partial charge in [-0.15, -0.1) is 0 Å². The molecule has 0 spiro atoms. The fraction of sp³-hybridized carbons (Fsp3) is 0.591. The molecule has 1 aromatic carbocycles. The molecule has 2 aromatic rings. The Morgan fingerprint density at radius 1 is 1.10 bits per heavy atom. The number of rotatable bonds is 11. The fourth-order valence-corrected chi connectivity index (χ4v) is 3.38.